The van der Waals surface area contributed by atoms with Crippen molar-refractivity contribution in [3.8, 4) is 0 Å². The van der Waals surface area contributed by atoms with E-state index in [0.29, 0.717) is 0 Å². The van der Waals surface area contributed by atoms with Crippen LogP contribution in [0.2, 0.25) is 0 Å². The lowest BCUT2D eigenvalue weighted by Gasteiger charge is -2.43. The Bertz CT molecular complexity index is 941. The van der Waals surface area contributed by atoms with Crippen LogP contribution in [0.5, 0.6) is 0 Å². The molecule has 0 bridgehead atoms. The lowest BCUT2D eigenvalue weighted by molar-refractivity contribution is -0.145. The van der Waals surface area contributed by atoms with Gasteiger partial charge in [-0.2, -0.15) is 0 Å². The molecule has 2 fully saturated rings. The number of fused-ring (bicyclic) bond motifs is 2. The van der Waals surface area contributed by atoms with E-state index >= 15 is 0 Å². The summed E-state index contributed by atoms with van der Waals surface area (Å²) in [6.07, 6.45) is 8.14. The Kier molecular flexibility index (Phi) is 5.24. The molecule has 0 N–H and O–H groups in total. The molecule has 4 heteroatoms. The van der Waals surface area contributed by atoms with Crippen molar-refractivity contribution in [3.63, 3.8) is 0 Å². The maximum absolute atomic E-state index is 12.9. The van der Waals surface area contributed by atoms with E-state index in [1.165, 1.54) is 34.4 Å². The molecule has 0 spiro atoms. The molecule has 0 saturated carbocycles. The van der Waals surface area contributed by atoms with Crippen LogP contribution in [0.15, 0.2) is 41.5 Å². The van der Waals surface area contributed by atoms with Crippen molar-refractivity contribution in [2.24, 2.45) is 17.3 Å². The van der Waals surface area contributed by atoms with Crippen molar-refractivity contribution < 1.29 is 9.53 Å². The van der Waals surface area contributed by atoms with Crippen molar-refractivity contribution in [2.45, 2.75) is 53.1 Å². The zero-order chi connectivity index (χ0) is 21.8. The van der Waals surface area contributed by atoms with Gasteiger partial charge in [-0.25, -0.2) is 0 Å². The van der Waals surface area contributed by atoms with E-state index in [2.05, 4.69) is 67.8 Å². The molecule has 4 atom stereocenters. The predicted octanol–water partition coefficient (Wildman–Crippen LogP) is 4.66. The Morgan fingerprint density at radius 1 is 1.13 bits per heavy atom. The molecule has 1 aromatic carbocycles. The second-order valence-corrected chi connectivity index (χ2v) is 10.4. The number of carbonyl (C=O) groups is 1. The number of rotatable bonds is 3. The van der Waals surface area contributed by atoms with Gasteiger partial charge in [-0.3, -0.25) is 9.69 Å². The highest BCUT2D eigenvalue weighted by Gasteiger charge is 2.51. The van der Waals surface area contributed by atoms with E-state index < -0.39 is 0 Å². The molecule has 0 radical (unpaired) electrons. The second-order valence-electron chi connectivity index (χ2n) is 10.4. The van der Waals surface area contributed by atoms with Crippen LogP contribution in [0, 0.1) is 31.1 Å². The predicted molar refractivity (Wildman–Crippen MR) is 125 cm³/mol. The SMILES string of the molecule is CC1=CCC[C@]2(C)C[C@H]3OC(=O)[C@H](CN4CCN(c5cccc(C)c5C)CC4)[C@@H]3C=C12. The van der Waals surface area contributed by atoms with Crippen molar-refractivity contribution in [1.29, 1.82) is 0 Å². The molecule has 5 rings (SSSR count). The summed E-state index contributed by atoms with van der Waals surface area (Å²) in [6.45, 7) is 13.9. The zero-order valence-corrected chi connectivity index (χ0v) is 19.5. The van der Waals surface area contributed by atoms with Gasteiger partial charge in [-0.15, -0.1) is 0 Å². The molecule has 0 unspecified atom stereocenters. The molecule has 31 heavy (non-hydrogen) atoms. The minimum atomic E-state index is -0.0240. The standard InChI is InChI=1S/C27H36N2O2/c1-18-7-5-9-24(20(18)3)29-13-11-28(12-14-29)17-22-21-15-23-19(2)8-6-10-27(23,4)16-25(21)31-26(22)30/h5,7-9,15,21-22,25H,6,10-14,16-17H2,1-4H3/t21-,22+,25+,27+/m0/s1. The lowest BCUT2D eigenvalue weighted by Crippen LogP contribution is -2.49. The molecule has 4 nitrogen and oxygen atoms in total. The summed E-state index contributed by atoms with van der Waals surface area (Å²) in [5.41, 5.74) is 7.15. The Morgan fingerprint density at radius 2 is 1.90 bits per heavy atom. The first-order valence-corrected chi connectivity index (χ1v) is 12.0. The van der Waals surface area contributed by atoms with Gasteiger partial charge in [0.05, 0.1) is 5.92 Å². The fourth-order valence-electron chi connectivity index (χ4n) is 6.37. The normalized spacial score (nSPS) is 33.4. The Balaban J connectivity index is 1.28. The summed E-state index contributed by atoms with van der Waals surface area (Å²) < 4.78 is 5.95. The summed E-state index contributed by atoms with van der Waals surface area (Å²) in [5.74, 6) is 0.228. The first-order valence-electron chi connectivity index (χ1n) is 12.0. The van der Waals surface area contributed by atoms with Crippen LogP contribution >= 0.6 is 0 Å². The monoisotopic (exact) mass is 420 g/mol. The highest BCUT2D eigenvalue weighted by atomic mass is 16.6. The van der Waals surface area contributed by atoms with Crippen molar-refractivity contribution in [2.75, 3.05) is 37.6 Å². The number of aryl methyl sites for hydroxylation is 1. The highest BCUT2D eigenvalue weighted by molar-refractivity contribution is 5.76. The van der Waals surface area contributed by atoms with Crippen LogP contribution in [0.4, 0.5) is 5.69 Å². The minimum absolute atomic E-state index is 0.0210. The summed E-state index contributed by atoms with van der Waals surface area (Å²) >= 11 is 0. The topological polar surface area (TPSA) is 32.8 Å². The number of hydrogen-bond donors (Lipinski definition) is 0. The van der Waals surface area contributed by atoms with Crippen molar-refractivity contribution >= 4 is 11.7 Å². The van der Waals surface area contributed by atoms with E-state index in [0.717, 1.165) is 45.6 Å². The van der Waals surface area contributed by atoms with E-state index in [1.807, 2.05) is 0 Å². The number of esters is 1. The third kappa shape index (κ3) is 3.63. The third-order valence-corrected chi connectivity index (χ3v) is 8.44. The average Bonchev–Trinajstić information content (AvgIpc) is 3.03. The molecule has 0 aromatic heterocycles. The van der Waals surface area contributed by atoms with Gasteiger partial charge < -0.3 is 9.64 Å². The second kappa shape index (κ2) is 7.81. The number of ether oxygens (including phenoxy) is 1. The molecule has 4 aliphatic rings. The molecule has 2 saturated heterocycles. The Hall–Kier alpha value is -2.07. The van der Waals surface area contributed by atoms with Gasteiger partial charge in [0.2, 0.25) is 0 Å². The zero-order valence-electron chi connectivity index (χ0n) is 19.5. The van der Waals surface area contributed by atoms with Gasteiger partial charge >= 0.3 is 5.97 Å². The maximum Gasteiger partial charge on any atom is 0.311 e. The molecule has 166 valence electrons. The van der Waals surface area contributed by atoms with E-state index in [4.69, 9.17) is 4.74 Å². The molecule has 2 aliphatic carbocycles. The van der Waals surface area contributed by atoms with E-state index in [1.54, 1.807) is 0 Å². The number of piperazine rings is 1. The molecule has 2 aliphatic heterocycles. The molecular formula is C27H36N2O2. The van der Waals surface area contributed by atoms with E-state index in [9.17, 15) is 4.79 Å². The summed E-state index contributed by atoms with van der Waals surface area (Å²) in [5, 5.41) is 0. The van der Waals surface area contributed by atoms with Gasteiger partial charge in [-0.1, -0.05) is 36.8 Å². The third-order valence-electron chi connectivity index (χ3n) is 8.44. The van der Waals surface area contributed by atoms with Crippen molar-refractivity contribution in [1.82, 2.24) is 4.90 Å². The molecule has 0 amide bonds. The lowest BCUT2D eigenvalue weighted by atomic mass is 9.62. The minimum Gasteiger partial charge on any atom is -0.461 e. The molecule has 2 heterocycles. The summed E-state index contributed by atoms with van der Waals surface area (Å²) in [6, 6.07) is 6.58. The smallest absolute Gasteiger partial charge is 0.311 e. The van der Waals surface area contributed by atoms with Crippen molar-refractivity contribution in [3.05, 3.63) is 52.6 Å². The van der Waals surface area contributed by atoms with Crippen LogP contribution in [-0.2, 0) is 9.53 Å². The fraction of sp³-hybridized carbons (Fsp3) is 0.593. The average molecular weight is 421 g/mol. The van der Waals surface area contributed by atoms with Crippen LogP contribution in [0.3, 0.4) is 0 Å². The number of allylic oxidation sites excluding steroid dienone is 3. The fourth-order valence-corrected chi connectivity index (χ4v) is 6.37. The number of benzene rings is 1. The number of anilines is 1. The number of nitrogens with zero attached hydrogens (tertiary/aromatic N) is 2. The number of hydrogen-bond acceptors (Lipinski definition) is 4. The molecular weight excluding hydrogens is 384 g/mol. The van der Waals surface area contributed by atoms with Crippen LogP contribution in [-0.4, -0.2) is 49.7 Å². The van der Waals surface area contributed by atoms with Gasteiger partial charge in [-0.05, 0) is 68.2 Å². The summed E-state index contributed by atoms with van der Waals surface area (Å²) in [4.78, 5) is 17.8. The van der Waals surface area contributed by atoms with Crippen LogP contribution in [0.25, 0.3) is 0 Å². The van der Waals surface area contributed by atoms with Gasteiger partial charge in [0.1, 0.15) is 6.10 Å². The van der Waals surface area contributed by atoms with E-state index in [-0.39, 0.29) is 29.3 Å². The van der Waals surface area contributed by atoms with Gasteiger partial charge in [0.15, 0.2) is 0 Å². The quantitative estimate of drug-likeness (QED) is 0.666. The first-order chi connectivity index (χ1) is 14.9. The summed E-state index contributed by atoms with van der Waals surface area (Å²) in [7, 11) is 0. The Morgan fingerprint density at radius 3 is 2.68 bits per heavy atom. The number of carbonyl (C=O) groups excluding carboxylic acids is 1. The van der Waals surface area contributed by atoms with Crippen LogP contribution in [0.1, 0.15) is 44.2 Å². The van der Waals surface area contributed by atoms with Crippen LogP contribution < -0.4 is 4.90 Å². The maximum atomic E-state index is 12.9. The first kappa shape index (κ1) is 20.8. The van der Waals surface area contributed by atoms with Gasteiger partial charge in [0.25, 0.3) is 0 Å². The van der Waals surface area contributed by atoms with Gasteiger partial charge in [0, 0.05) is 44.3 Å². The Labute approximate surface area is 186 Å². The largest absolute Gasteiger partial charge is 0.461 e. The highest BCUT2D eigenvalue weighted by Crippen LogP contribution is 2.52. The molecule has 1 aromatic rings.